The highest BCUT2D eigenvalue weighted by molar-refractivity contribution is 6.09. The van der Waals surface area contributed by atoms with Gasteiger partial charge in [-0.2, -0.15) is 0 Å². The third-order valence-corrected chi connectivity index (χ3v) is 3.56. The van der Waals surface area contributed by atoms with Crippen molar-refractivity contribution in [3.05, 3.63) is 0 Å². The molecule has 0 saturated heterocycles. The van der Waals surface area contributed by atoms with Crippen molar-refractivity contribution >= 4 is 11.7 Å². The van der Waals surface area contributed by atoms with Gasteiger partial charge in [0, 0.05) is 6.54 Å². The summed E-state index contributed by atoms with van der Waals surface area (Å²) in [6.07, 6.45) is 5.07. The average molecular weight is 211 g/mol. The molecule has 1 amide bonds. The molecule has 0 radical (unpaired) electrons. The van der Waals surface area contributed by atoms with E-state index in [1.165, 1.54) is 19.3 Å². The number of carbonyl (C=O) groups excluding carboxylic acids is 1. The number of amidine groups is 1. The lowest BCUT2D eigenvalue weighted by Crippen LogP contribution is -2.43. The standard InChI is InChI=1S/C10H17N3O2/c11-8(13-15)10(4-5-10)9(14)12-6-7-2-1-3-7/h7,15H,1-6H2,(H2,11,13)(H,12,14). The summed E-state index contributed by atoms with van der Waals surface area (Å²) in [6, 6.07) is 0. The fourth-order valence-electron chi connectivity index (χ4n) is 1.92. The van der Waals surface area contributed by atoms with E-state index >= 15 is 0 Å². The lowest BCUT2D eigenvalue weighted by molar-refractivity contribution is -0.124. The van der Waals surface area contributed by atoms with E-state index in [4.69, 9.17) is 10.9 Å². The van der Waals surface area contributed by atoms with Gasteiger partial charge in [0.1, 0.15) is 5.41 Å². The molecule has 0 aromatic rings. The molecule has 0 aromatic carbocycles. The minimum Gasteiger partial charge on any atom is -0.409 e. The summed E-state index contributed by atoms with van der Waals surface area (Å²) in [4.78, 5) is 11.8. The van der Waals surface area contributed by atoms with Gasteiger partial charge in [-0.25, -0.2) is 0 Å². The summed E-state index contributed by atoms with van der Waals surface area (Å²) < 4.78 is 0. The second kappa shape index (κ2) is 3.72. The van der Waals surface area contributed by atoms with E-state index in [-0.39, 0.29) is 11.7 Å². The van der Waals surface area contributed by atoms with Crippen LogP contribution in [0.1, 0.15) is 32.1 Å². The van der Waals surface area contributed by atoms with Crippen LogP contribution in [0.25, 0.3) is 0 Å². The van der Waals surface area contributed by atoms with E-state index in [0.29, 0.717) is 18.8 Å². The molecule has 0 spiro atoms. The minimum absolute atomic E-state index is 0.0496. The Balaban J connectivity index is 1.84. The van der Waals surface area contributed by atoms with E-state index in [9.17, 15) is 4.79 Å². The molecule has 15 heavy (non-hydrogen) atoms. The monoisotopic (exact) mass is 211 g/mol. The highest BCUT2D eigenvalue weighted by Gasteiger charge is 2.54. The maximum absolute atomic E-state index is 11.8. The van der Waals surface area contributed by atoms with E-state index in [1.54, 1.807) is 0 Å². The lowest BCUT2D eigenvalue weighted by Gasteiger charge is -2.26. The van der Waals surface area contributed by atoms with Gasteiger partial charge >= 0.3 is 0 Å². The summed E-state index contributed by atoms with van der Waals surface area (Å²) in [7, 11) is 0. The van der Waals surface area contributed by atoms with Crippen LogP contribution in [0.5, 0.6) is 0 Å². The van der Waals surface area contributed by atoms with Crippen molar-refractivity contribution in [2.24, 2.45) is 22.2 Å². The van der Waals surface area contributed by atoms with Crippen LogP contribution in [0.3, 0.4) is 0 Å². The molecule has 2 saturated carbocycles. The summed E-state index contributed by atoms with van der Waals surface area (Å²) in [5, 5.41) is 14.4. The molecule has 4 N–H and O–H groups in total. The summed E-state index contributed by atoms with van der Waals surface area (Å²) >= 11 is 0. The zero-order chi connectivity index (χ0) is 10.9. The predicted octanol–water partition coefficient (Wildman–Crippen LogP) is 0.429. The number of amides is 1. The van der Waals surface area contributed by atoms with Crippen molar-refractivity contribution in [1.82, 2.24) is 5.32 Å². The molecule has 0 aliphatic heterocycles. The van der Waals surface area contributed by atoms with Crippen LogP contribution in [-0.4, -0.2) is 23.5 Å². The van der Waals surface area contributed by atoms with Crippen LogP contribution in [-0.2, 0) is 4.79 Å². The van der Waals surface area contributed by atoms with Crippen LogP contribution in [0, 0.1) is 11.3 Å². The van der Waals surface area contributed by atoms with Gasteiger partial charge in [-0.3, -0.25) is 4.79 Å². The molecular weight excluding hydrogens is 194 g/mol. The molecule has 0 heterocycles. The number of hydrogen-bond acceptors (Lipinski definition) is 3. The topological polar surface area (TPSA) is 87.7 Å². The van der Waals surface area contributed by atoms with Gasteiger partial charge in [-0.1, -0.05) is 11.6 Å². The van der Waals surface area contributed by atoms with Crippen LogP contribution in [0.4, 0.5) is 0 Å². The molecule has 5 heteroatoms. The van der Waals surface area contributed by atoms with Gasteiger partial charge in [0.25, 0.3) is 0 Å². The molecule has 2 aliphatic rings. The van der Waals surface area contributed by atoms with Crippen molar-refractivity contribution in [3.63, 3.8) is 0 Å². The third kappa shape index (κ3) is 1.78. The molecule has 5 nitrogen and oxygen atoms in total. The first-order valence-corrected chi connectivity index (χ1v) is 5.45. The highest BCUT2D eigenvalue weighted by Crippen LogP contribution is 2.46. The number of nitrogens with one attached hydrogen (secondary N) is 1. The number of hydrogen-bond donors (Lipinski definition) is 3. The third-order valence-electron chi connectivity index (χ3n) is 3.56. The molecule has 0 bridgehead atoms. The van der Waals surface area contributed by atoms with Gasteiger partial charge in [0.2, 0.25) is 5.91 Å². The number of oxime groups is 1. The molecule has 0 unspecified atom stereocenters. The Morgan fingerprint density at radius 2 is 2.20 bits per heavy atom. The Kier molecular flexibility index (Phi) is 2.54. The van der Waals surface area contributed by atoms with Crippen molar-refractivity contribution in [2.45, 2.75) is 32.1 Å². The largest absolute Gasteiger partial charge is 0.409 e. The first-order valence-electron chi connectivity index (χ1n) is 5.45. The van der Waals surface area contributed by atoms with Gasteiger partial charge in [-0.15, -0.1) is 0 Å². The van der Waals surface area contributed by atoms with Crippen molar-refractivity contribution < 1.29 is 10.0 Å². The second-order valence-electron chi connectivity index (χ2n) is 4.57. The summed E-state index contributed by atoms with van der Waals surface area (Å²) in [5.41, 5.74) is 4.81. The average Bonchev–Trinajstić information content (AvgIpc) is 2.94. The van der Waals surface area contributed by atoms with Crippen molar-refractivity contribution in [3.8, 4) is 0 Å². The fourth-order valence-corrected chi connectivity index (χ4v) is 1.92. The molecule has 2 aliphatic carbocycles. The molecular formula is C10H17N3O2. The normalized spacial score (nSPS) is 24.4. The van der Waals surface area contributed by atoms with E-state index in [1.807, 2.05) is 0 Å². The fraction of sp³-hybridized carbons (Fsp3) is 0.800. The van der Waals surface area contributed by atoms with Gasteiger partial charge in [-0.05, 0) is 31.6 Å². The number of nitrogens with two attached hydrogens (primary N) is 1. The Hall–Kier alpha value is -1.26. The Morgan fingerprint density at radius 3 is 2.60 bits per heavy atom. The van der Waals surface area contributed by atoms with Crippen molar-refractivity contribution in [1.29, 1.82) is 0 Å². The van der Waals surface area contributed by atoms with Gasteiger partial charge in [0.15, 0.2) is 5.84 Å². The summed E-state index contributed by atoms with van der Waals surface area (Å²) in [5.74, 6) is 0.607. The second-order valence-corrected chi connectivity index (χ2v) is 4.57. The van der Waals surface area contributed by atoms with Crippen LogP contribution < -0.4 is 11.1 Å². The molecule has 0 aromatic heterocycles. The highest BCUT2D eigenvalue weighted by atomic mass is 16.4. The van der Waals surface area contributed by atoms with Crippen molar-refractivity contribution in [2.75, 3.05) is 6.54 Å². The van der Waals surface area contributed by atoms with E-state index in [2.05, 4.69) is 10.5 Å². The SMILES string of the molecule is NC(=NO)C1(C(=O)NCC2CCC2)CC1. The first kappa shape index (κ1) is 10.3. The maximum Gasteiger partial charge on any atom is 0.233 e. The Labute approximate surface area is 88.7 Å². The molecule has 84 valence electrons. The van der Waals surface area contributed by atoms with Crippen LogP contribution >= 0.6 is 0 Å². The van der Waals surface area contributed by atoms with Gasteiger partial charge < -0.3 is 16.3 Å². The number of rotatable bonds is 4. The predicted molar refractivity (Wildman–Crippen MR) is 55.4 cm³/mol. The zero-order valence-electron chi connectivity index (χ0n) is 8.70. The molecule has 2 rings (SSSR count). The van der Waals surface area contributed by atoms with Crippen LogP contribution in [0.15, 0.2) is 5.16 Å². The summed E-state index contributed by atoms with van der Waals surface area (Å²) in [6.45, 7) is 0.735. The number of carbonyl (C=O) groups is 1. The molecule has 2 fully saturated rings. The minimum atomic E-state index is -0.696. The Bertz CT molecular complexity index is 293. The van der Waals surface area contributed by atoms with Gasteiger partial charge in [0.05, 0.1) is 0 Å². The first-order chi connectivity index (χ1) is 7.19. The maximum atomic E-state index is 11.8. The Morgan fingerprint density at radius 1 is 1.53 bits per heavy atom. The number of nitrogens with zero attached hydrogens (tertiary/aromatic N) is 1. The quantitative estimate of drug-likeness (QED) is 0.273. The van der Waals surface area contributed by atoms with E-state index < -0.39 is 5.41 Å². The molecule has 0 atom stereocenters. The lowest BCUT2D eigenvalue weighted by atomic mass is 9.85. The zero-order valence-corrected chi connectivity index (χ0v) is 8.70. The van der Waals surface area contributed by atoms with Crippen LogP contribution in [0.2, 0.25) is 0 Å². The smallest absolute Gasteiger partial charge is 0.233 e. The van der Waals surface area contributed by atoms with E-state index in [0.717, 1.165) is 6.54 Å².